The fraction of sp³-hybridized carbons (Fsp3) is 0.538. The molecule has 4 heteroatoms. The minimum atomic E-state index is 1.05. The van der Waals surface area contributed by atoms with Crippen LogP contribution in [0.5, 0.6) is 0 Å². The van der Waals surface area contributed by atoms with E-state index in [1.54, 1.807) is 0 Å². The Kier molecular flexibility index (Phi) is 8.30. The second-order valence-electron chi connectivity index (χ2n) is 8.06. The first kappa shape index (κ1) is 22.3. The highest BCUT2D eigenvalue weighted by Crippen LogP contribution is 2.24. The molecule has 0 aromatic heterocycles. The smallest absolute Gasteiger partial charge is 0.0367 e. The van der Waals surface area contributed by atoms with Crippen molar-refractivity contribution in [3.63, 3.8) is 0 Å². The van der Waals surface area contributed by atoms with Crippen molar-refractivity contribution in [2.75, 3.05) is 72.0 Å². The van der Waals surface area contributed by atoms with Crippen molar-refractivity contribution in [3.05, 3.63) is 48.5 Å². The molecule has 0 radical (unpaired) electrons. The molecule has 4 bridgehead atoms. The van der Waals surface area contributed by atoms with Gasteiger partial charge in [0.2, 0.25) is 0 Å². The van der Waals surface area contributed by atoms with Gasteiger partial charge in [0.15, 0.2) is 0 Å². The zero-order valence-electron chi connectivity index (χ0n) is 19.5. The third kappa shape index (κ3) is 5.41. The summed E-state index contributed by atoms with van der Waals surface area (Å²) in [5.74, 6) is 0. The van der Waals surface area contributed by atoms with Gasteiger partial charge >= 0.3 is 0 Å². The Balaban J connectivity index is 1.85. The first-order valence-electron chi connectivity index (χ1n) is 11.9. The zero-order valence-corrected chi connectivity index (χ0v) is 19.5. The maximum absolute atomic E-state index is 2.50. The van der Waals surface area contributed by atoms with Gasteiger partial charge in [0, 0.05) is 75.1 Å². The molecular weight excluding hydrogens is 368 g/mol. The average molecular weight is 409 g/mol. The number of benzene rings is 2. The Bertz CT molecular complexity index is 613. The van der Waals surface area contributed by atoms with E-state index in [0.29, 0.717) is 0 Å². The van der Waals surface area contributed by atoms with Crippen LogP contribution in [0.15, 0.2) is 48.5 Å². The van der Waals surface area contributed by atoms with E-state index in [-0.39, 0.29) is 0 Å². The van der Waals surface area contributed by atoms with Crippen LogP contribution in [0.3, 0.4) is 0 Å². The van der Waals surface area contributed by atoms with Crippen LogP contribution in [0.2, 0.25) is 0 Å². The lowest BCUT2D eigenvalue weighted by Gasteiger charge is -2.30. The van der Waals surface area contributed by atoms with E-state index < -0.39 is 0 Å². The van der Waals surface area contributed by atoms with Gasteiger partial charge in [0.1, 0.15) is 0 Å². The number of nitrogens with zero attached hydrogens (tertiary/aromatic N) is 4. The molecule has 0 saturated heterocycles. The fourth-order valence-electron chi connectivity index (χ4n) is 4.53. The lowest BCUT2D eigenvalue weighted by Crippen LogP contribution is -2.31. The third-order valence-electron chi connectivity index (χ3n) is 6.40. The molecule has 0 amide bonds. The van der Waals surface area contributed by atoms with Gasteiger partial charge in [-0.05, 0) is 89.1 Å². The highest BCUT2D eigenvalue weighted by molar-refractivity contribution is 5.58. The van der Waals surface area contributed by atoms with Gasteiger partial charge in [0.25, 0.3) is 0 Å². The van der Waals surface area contributed by atoms with Crippen LogP contribution < -0.4 is 19.6 Å². The molecule has 6 rings (SSSR count). The van der Waals surface area contributed by atoms with Gasteiger partial charge in [-0.15, -0.1) is 0 Å². The van der Waals surface area contributed by atoms with Crippen molar-refractivity contribution in [2.24, 2.45) is 0 Å². The Morgan fingerprint density at radius 3 is 0.800 bits per heavy atom. The Morgan fingerprint density at radius 2 is 0.633 bits per heavy atom. The first-order valence-corrected chi connectivity index (χ1v) is 11.9. The Labute approximate surface area is 184 Å². The van der Waals surface area contributed by atoms with Crippen LogP contribution in [0, 0.1) is 0 Å². The molecular formula is C26H40N4. The second-order valence-corrected chi connectivity index (χ2v) is 8.06. The van der Waals surface area contributed by atoms with Gasteiger partial charge in [-0.25, -0.2) is 0 Å². The average Bonchev–Trinajstić information content (AvgIpc) is 2.80. The van der Waals surface area contributed by atoms with Crippen LogP contribution in [0.4, 0.5) is 22.7 Å². The second kappa shape index (κ2) is 11.1. The number of hydrogen-bond donors (Lipinski definition) is 0. The van der Waals surface area contributed by atoms with Crippen LogP contribution >= 0.6 is 0 Å². The van der Waals surface area contributed by atoms with E-state index in [0.717, 1.165) is 65.2 Å². The summed E-state index contributed by atoms with van der Waals surface area (Å²) in [5.41, 5.74) is 5.34. The summed E-state index contributed by atoms with van der Waals surface area (Å²) in [5, 5.41) is 0. The van der Waals surface area contributed by atoms with E-state index >= 15 is 0 Å². The lowest BCUT2D eigenvalue weighted by molar-refractivity contribution is 0.705. The molecule has 0 saturated carbocycles. The number of hydrogen-bond acceptors (Lipinski definition) is 4. The van der Waals surface area contributed by atoms with Crippen molar-refractivity contribution in [1.29, 1.82) is 0 Å². The topological polar surface area (TPSA) is 13.0 Å². The number of rotatable bonds is 4. The molecule has 0 atom stereocenters. The van der Waals surface area contributed by atoms with Gasteiger partial charge in [-0.3, -0.25) is 0 Å². The summed E-state index contributed by atoms with van der Waals surface area (Å²) >= 11 is 0. The van der Waals surface area contributed by atoms with Crippen molar-refractivity contribution in [2.45, 2.75) is 40.5 Å². The van der Waals surface area contributed by atoms with Crippen molar-refractivity contribution < 1.29 is 0 Å². The molecule has 4 aliphatic rings. The minimum Gasteiger partial charge on any atom is -0.372 e. The standard InChI is InChI=1S/C26H40N4/c1-5-27-19-9-20-28(6-2)25-15-17-26(18-16-25)30(8-4)22-10-21-29(7-3)24-13-11-23(27)12-14-24/h11-18H,5-10,19-22H2,1-4H3. The highest BCUT2D eigenvalue weighted by Gasteiger charge is 2.12. The van der Waals surface area contributed by atoms with Crippen molar-refractivity contribution in [1.82, 2.24) is 0 Å². The maximum atomic E-state index is 2.50. The molecule has 0 fully saturated rings. The van der Waals surface area contributed by atoms with Crippen LogP contribution in [0.1, 0.15) is 40.5 Å². The molecule has 0 aliphatic carbocycles. The van der Waals surface area contributed by atoms with Crippen LogP contribution in [0.25, 0.3) is 0 Å². The molecule has 2 aromatic carbocycles. The zero-order chi connectivity index (χ0) is 21.3. The molecule has 0 unspecified atom stereocenters. The van der Waals surface area contributed by atoms with E-state index in [4.69, 9.17) is 0 Å². The summed E-state index contributed by atoms with van der Waals surface area (Å²) in [7, 11) is 0. The quantitative estimate of drug-likeness (QED) is 0.663. The minimum absolute atomic E-state index is 1.05. The molecule has 4 aliphatic heterocycles. The van der Waals surface area contributed by atoms with E-state index in [1.807, 2.05) is 0 Å². The van der Waals surface area contributed by atoms with Crippen molar-refractivity contribution >= 4 is 22.7 Å². The first-order chi connectivity index (χ1) is 14.7. The van der Waals surface area contributed by atoms with Crippen LogP contribution in [-0.2, 0) is 0 Å². The van der Waals surface area contributed by atoms with E-state index in [9.17, 15) is 0 Å². The lowest BCUT2D eigenvalue weighted by atomic mass is 10.2. The number of anilines is 4. The van der Waals surface area contributed by atoms with Crippen LogP contribution in [-0.4, -0.2) is 52.4 Å². The van der Waals surface area contributed by atoms with Crippen molar-refractivity contribution in [3.8, 4) is 0 Å². The molecule has 4 heterocycles. The SMILES string of the molecule is CCN1CCCN(CC)c2ccc(cc2)N(CC)CCCN(CC)c2ccc1cc2. The Hall–Kier alpha value is -2.36. The summed E-state index contributed by atoms with van der Waals surface area (Å²) in [4.78, 5) is 10.00. The fourth-order valence-corrected chi connectivity index (χ4v) is 4.53. The Morgan fingerprint density at radius 1 is 0.433 bits per heavy atom. The highest BCUT2D eigenvalue weighted by atomic mass is 15.2. The van der Waals surface area contributed by atoms with E-state index in [1.165, 1.54) is 22.7 Å². The summed E-state index contributed by atoms with van der Waals surface area (Å²) in [6, 6.07) is 18.4. The summed E-state index contributed by atoms with van der Waals surface area (Å²) in [6.45, 7) is 17.6. The molecule has 164 valence electrons. The molecule has 2 aromatic rings. The molecule has 4 nitrogen and oxygen atoms in total. The third-order valence-corrected chi connectivity index (χ3v) is 6.40. The molecule has 0 N–H and O–H groups in total. The van der Waals surface area contributed by atoms with Gasteiger partial charge in [-0.2, -0.15) is 0 Å². The normalized spacial score (nSPS) is 16.1. The van der Waals surface area contributed by atoms with E-state index in [2.05, 4.69) is 95.8 Å². The monoisotopic (exact) mass is 408 g/mol. The van der Waals surface area contributed by atoms with Gasteiger partial charge in [-0.1, -0.05) is 0 Å². The predicted octanol–water partition coefficient (Wildman–Crippen LogP) is 5.49. The van der Waals surface area contributed by atoms with Gasteiger partial charge in [0.05, 0.1) is 0 Å². The molecule has 0 spiro atoms. The maximum Gasteiger partial charge on any atom is 0.0367 e. The van der Waals surface area contributed by atoms with Gasteiger partial charge < -0.3 is 19.6 Å². The summed E-state index contributed by atoms with van der Waals surface area (Å²) < 4.78 is 0. The predicted molar refractivity (Wildman–Crippen MR) is 134 cm³/mol. The largest absolute Gasteiger partial charge is 0.372 e. The molecule has 30 heavy (non-hydrogen) atoms. The summed E-state index contributed by atoms with van der Waals surface area (Å²) in [6.07, 6.45) is 2.32.